The minimum absolute atomic E-state index is 0.376. The van der Waals surface area contributed by atoms with Crippen LogP contribution in [0.25, 0.3) is 11.3 Å². The summed E-state index contributed by atoms with van der Waals surface area (Å²) in [6.07, 6.45) is 2.29. The lowest BCUT2D eigenvalue weighted by atomic mass is 10.1. The number of aldehydes is 1. The minimum atomic E-state index is -0.376. The molecule has 2 aromatic rings. The third-order valence-electron chi connectivity index (χ3n) is 2.06. The average Bonchev–Trinajstić information content (AvgIpc) is 2.78. The highest BCUT2D eigenvalue weighted by atomic mass is 79.9. The number of halogens is 1. The molecule has 0 N–H and O–H groups in total. The number of hydrogen-bond donors (Lipinski definition) is 0. The summed E-state index contributed by atoms with van der Waals surface area (Å²) >= 11 is 3.24. The zero-order chi connectivity index (χ0) is 10.7. The summed E-state index contributed by atoms with van der Waals surface area (Å²) in [5, 5.41) is 3.89. The van der Waals surface area contributed by atoms with E-state index < -0.39 is 0 Å². The van der Waals surface area contributed by atoms with Crippen LogP contribution in [0, 0.1) is 0 Å². The Hall–Kier alpha value is -1.42. The van der Waals surface area contributed by atoms with Crippen LogP contribution in [0.2, 0.25) is 0 Å². The van der Waals surface area contributed by atoms with Crippen molar-refractivity contribution in [2.24, 2.45) is 0 Å². The van der Waals surface area contributed by atoms with Gasteiger partial charge in [0.05, 0.1) is 0 Å². The highest BCUT2D eigenvalue weighted by Crippen LogP contribution is 2.30. The Labute approximate surface area is 95.2 Å². The maximum absolute atomic E-state index is 10.7. The standard InChI is InChI=1S/C11H8BrNO2/c12-10(6-14)9-7-15-13-11(9)8-4-2-1-3-5-8/h1-7,10H. The van der Waals surface area contributed by atoms with Gasteiger partial charge in [0.25, 0.3) is 0 Å². The first-order valence-corrected chi connectivity index (χ1v) is 5.33. The van der Waals surface area contributed by atoms with E-state index in [2.05, 4.69) is 21.1 Å². The van der Waals surface area contributed by atoms with Crippen LogP contribution in [-0.2, 0) is 4.79 Å². The van der Waals surface area contributed by atoms with Gasteiger partial charge in [0, 0.05) is 11.1 Å². The number of benzene rings is 1. The quantitative estimate of drug-likeness (QED) is 0.633. The first kappa shape index (κ1) is 10.1. The van der Waals surface area contributed by atoms with E-state index in [0.717, 1.165) is 17.4 Å². The molecule has 0 bridgehead atoms. The molecule has 15 heavy (non-hydrogen) atoms. The summed E-state index contributed by atoms with van der Waals surface area (Å²) in [4.78, 5) is 10.3. The normalized spacial score (nSPS) is 12.3. The highest BCUT2D eigenvalue weighted by Gasteiger charge is 2.16. The molecule has 4 heteroatoms. The fraction of sp³-hybridized carbons (Fsp3) is 0.0909. The molecule has 0 radical (unpaired) electrons. The monoisotopic (exact) mass is 265 g/mol. The maximum atomic E-state index is 10.7. The minimum Gasteiger partial charge on any atom is -0.364 e. The molecule has 0 amide bonds. The molecule has 1 unspecified atom stereocenters. The van der Waals surface area contributed by atoms with Crippen molar-refractivity contribution in [3.8, 4) is 11.3 Å². The van der Waals surface area contributed by atoms with Crippen molar-refractivity contribution in [1.82, 2.24) is 5.16 Å². The molecule has 0 aliphatic heterocycles. The van der Waals surface area contributed by atoms with Gasteiger partial charge in [-0.25, -0.2) is 0 Å². The molecule has 0 spiro atoms. The largest absolute Gasteiger partial charge is 0.364 e. The van der Waals surface area contributed by atoms with Crippen LogP contribution in [0.3, 0.4) is 0 Å². The Morgan fingerprint density at radius 2 is 2.07 bits per heavy atom. The van der Waals surface area contributed by atoms with Crippen molar-refractivity contribution in [3.63, 3.8) is 0 Å². The lowest BCUT2D eigenvalue weighted by Gasteiger charge is -2.01. The Morgan fingerprint density at radius 1 is 1.33 bits per heavy atom. The van der Waals surface area contributed by atoms with Crippen LogP contribution >= 0.6 is 15.9 Å². The van der Waals surface area contributed by atoms with E-state index in [1.54, 1.807) is 0 Å². The summed E-state index contributed by atoms with van der Waals surface area (Å²) < 4.78 is 4.88. The molecule has 0 saturated heterocycles. The zero-order valence-corrected chi connectivity index (χ0v) is 9.35. The topological polar surface area (TPSA) is 43.1 Å². The molecule has 0 aliphatic rings. The second-order valence-electron chi connectivity index (χ2n) is 3.02. The zero-order valence-electron chi connectivity index (χ0n) is 7.76. The lowest BCUT2D eigenvalue weighted by molar-refractivity contribution is -0.107. The van der Waals surface area contributed by atoms with E-state index in [0.29, 0.717) is 5.69 Å². The fourth-order valence-corrected chi connectivity index (χ4v) is 1.65. The number of alkyl halides is 1. The van der Waals surface area contributed by atoms with Crippen molar-refractivity contribution >= 4 is 22.2 Å². The fourth-order valence-electron chi connectivity index (χ4n) is 1.33. The van der Waals surface area contributed by atoms with Crippen LogP contribution in [0.1, 0.15) is 10.4 Å². The molecule has 3 nitrogen and oxygen atoms in total. The first-order chi connectivity index (χ1) is 7.33. The third kappa shape index (κ3) is 1.99. The van der Waals surface area contributed by atoms with Crippen LogP contribution < -0.4 is 0 Å². The van der Waals surface area contributed by atoms with E-state index >= 15 is 0 Å². The van der Waals surface area contributed by atoms with Gasteiger partial charge in [-0.15, -0.1) is 0 Å². The van der Waals surface area contributed by atoms with Gasteiger partial charge in [0.2, 0.25) is 0 Å². The van der Waals surface area contributed by atoms with Crippen molar-refractivity contribution < 1.29 is 9.32 Å². The molecular formula is C11H8BrNO2. The second kappa shape index (κ2) is 4.40. The van der Waals surface area contributed by atoms with Gasteiger partial charge in [0.15, 0.2) is 0 Å². The van der Waals surface area contributed by atoms with E-state index in [1.165, 1.54) is 6.26 Å². The van der Waals surface area contributed by atoms with Gasteiger partial charge in [-0.1, -0.05) is 51.4 Å². The molecule has 1 atom stereocenters. The summed E-state index contributed by atoms with van der Waals surface area (Å²) in [6, 6.07) is 9.60. The predicted molar refractivity (Wildman–Crippen MR) is 59.7 cm³/mol. The van der Waals surface area contributed by atoms with E-state index in [4.69, 9.17) is 4.52 Å². The highest BCUT2D eigenvalue weighted by molar-refractivity contribution is 9.09. The summed E-state index contributed by atoms with van der Waals surface area (Å²) in [7, 11) is 0. The van der Waals surface area contributed by atoms with Crippen molar-refractivity contribution in [2.75, 3.05) is 0 Å². The first-order valence-electron chi connectivity index (χ1n) is 4.42. The molecule has 0 saturated carbocycles. The van der Waals surface area contributed by atoms with Crippen LogP contribution in [0.5, 0.6) is 0 Å². The molecule has 2 rings (SSSR count). The van der Waals surface area contributed by atoms with Crippen molar-refractivity contribution in [3.05, 3.63) is 42.2 Å². The number of carbonyl (C=O) groups is 1. The van der Waals surface area contributed by atoms with Gasteiger partial charge < -0.3 is 9.32 Å². The van der Waals surface area contributed by atoms with Gasteiger partial charge >= 0.3 is 0 Å². The maximum Gasteiger partial charge on any atom is 0.138 e. The molecule has 1 aromatic carbocycles. The van der Waals surface area contributed by atoms with Gasteiger partial charge in [-0.3, -0.25) is 0 Å². The number of hydrogen-bond acceptors (Lipinski definition) is 3. The molecule has 1 heterocycles. The molecule has 0 fully saturated rings. The van der Waals surface area contributed by atoms with Gasteiger partial charge in [0.1, 0.15) is 23.1 Å². The summed E-state index contributed by atoms with van der Waals surface area (Å²) in [5.74, 6) is 0. The Bertz CT molecular complexity index is 453. The Balaban J connectivity index is 2.46. The van der Waals surface area contributed by atoms with Crippen LogP contribution in [0.15, 0.2) is 41.1 Å². The summed E-state index contributed by atoms with van der Waals surface area (Å²) in [5.41, 5.74) is 2.38. The van der Waals surface area contributed by atoms with E-state index in [9.17, 15) is 4.79 Å². The molecular weight excluding hydrogens is 258 g/mol. The number of carbonyl (C=O) groups excluding carboxylic acids is 1. The Morgan fingerprint density at radius 3 is 2.73 bits per heavy atom. The number of rotatable bonds is 3. The van der Waals surface area contributed by atoms with Crippen LogP contribution in [-0.4, -0.2) is 11.4 Å². The smallest absolute Gasteiger partial charge is 0.138 e. The SMILES string of the molecule is O=CC(Br)c1conc1-c1ccccc1. The van der Waals surface area contributed by atoms with Gasteiger partial charge in [-0.2, -0.15) is 0 Å². The molecule has 0 aliphatic carbocycles. The number of aromatic nitrogens is 1. The van der Waals surface area contributed by atoms with Crippen molar-refractivity contribution in [2.45, 2.75) is 4.83 Å². The van der Waals surface area contributed by atoms with E-state index in [1.807, 2.05) is 30.3 Å². The summed E-state index contributed by atoms with van der Waals surface area (Å²) in [6.45, 7) is 0. The lowest BCUT2D eigenvalue weighted by Crippen LogP contribution is -1.91. The predicted octanol–water partition coefficient (Wildman–Crippen LogP) is 2.98. The third-order valence-corrected chi connectivity index (χ3v) is 2.77. The number of nitrogens with zero attached hydrogens (tertiary/aromatic N) is 1. The Kier molecular flexibility index (Phi) is 2.97. The molecule has 1 aromatic heterocycles. The molecule has 76 valence electrons. The van der Waals surface area contributed by atoms with Gasteiger partial charge in [-0.05, 0) is 0 Å². The average molecular weight is 266 g/mol. The van der Waals surface area contributed by atoms with E-state index in [-0.39, 0.29) is 4.83 Å². The van der Waals surface area contributed by atoms with Crippen LogP contribution in [0.4, 0.5) is 0 Å². The second-order valence-corrected chi connectivity index (χ2v) is 4.01. The van der Waals surface area contributed by atoms with Crippen molar-refractivity contribution in [1.29, 1.82) is 0 Å².